The molecule has 0 unspecified atom stereocenters. The lowest BCUT2D eigenvalue weighted by atomic mass is 10.1. The van der Waals surface area contributed by atoms with Crippen molar-refractivity contribution < 1.29 is 23.9 Å². The van der Waals surface area contributed by atoms with Crippen LogP contribution in [0.15, 0.2) is 59.7 Å². The van der Waals surface area contributed by atoms with Gasteiger partial charge in [-0.25, -0.2) is 9.80 Å². The van der Waals surface area contributed by atoms with E-state index in [1.807, 2.05) is 6.07 Å². The minimum Gasteiger partial charge on any atom is -0.451 e. The van der Waals surface area contributed by atoms with Gasteiger partial charge in [-0.05, 0) is 30.7 Å². The molecule has 164 valence electrons. The third kappa shape index (κ3) is 4.66. The number of carbonyl (C=O) groups is 4. The van der Waals surface area contributed by atoms with Crippen LogP contribution in [-0.2, 0) is 23.9 Å². The molecule has 3 amide bonds. The number of hydrazone groups is 1. The van der Waals surface area contributed by atoms with Gasteiger partial charge < -0.3 is 15.0 Å². The lowest BCUT2D eigenvalue weighted by Gasteiger charge is -2.22. The fourth-order valence-corrected chi connectivity index (χ4v) is 3.59. The summed E-state index contributed by atoms with van der Waals surface area (Å²) in [5.41, 5.74) is 1.71. The summed E-state index contributed by atoms with van der Waals surface area (Å²) in [6, 6.07) is 15.8. The van der Waals surface area contributed by atoms with E-state index < -0.39 is 18.5 Å². The molecule has 2 aromatic rings. The van der Waals surface area contributed by atoms with Gasteiger partial charge >= 0.3 is 5.97 Å². The molecule has 2 aliphatic rings. The Hall–Kier alpha value is -4.01. The maximum atomic E-state index is 12.4. The first-order valence-corrected chi connectivity index (χ1v) is 10.3. The maximum Gasteiger partial charge on any atom is 0.355 e. The van der Waals surface area contributed by atoms with E-state index in [1.165, 1.54) is 5.01 Å². The average molecular weight is 434 g/mol. The number of amides is 3. The molecule has 0 atom stereocenters. The van der Waals surface area contributed by atoms with Crippen molar-refractivity contribution in [3.05, 3.63) is 54.6 Å². The Bertz CT molecular complexity index is 1080. The van der Waals surface area contributed by atoms with Crippen LogP contribution in [0.4, 0.5) is 17.1 Å². The second-order valence-corrected chi connectivity index (χ2v) is 7.38. The summed E-state index contributed by atoms with van der Waals surface area (Å²) in [6.07, 6.45) is 1.50. The third-order valence-corrected chi connectivity index (χ3v) is 5.15. The second-order valence-electron chi connectivity index (χ2n) is 7.38. The van der Waals surface area contributed by atoms with Crippen molar-refractivity contribution in [1.29, 1.82) is 0 Å². The van der Waals surface area contributed by atoms with Gasteiger partial charge in [0.15, 0.2) is 6.61 Å². The molecule has 0 spiro atoms. The van der Waals surface area contributed by atoms with Crippen LogP contribution in [0.5, 0.6) is 0 Å². The lowest BCUT2D eigenvalue weighted by Crippen LogP contribution is -2.35. The first-order chi connectivity index (χ1) is 15.5. The van der Waals surface area contributed by atoms with Crippen LogP contribution in [-0.4, -0.2) is 42.6 Å². The smallest absolute Gasteiger partial charge is 0.355 e. The number of hydrogen-bond acceptors (Lipinski definition) is 6. The van der Waals surface area contributed by atoms with Crippen LogP contribution >= 0.6 is 0 Å². The van der Waals surface area contributed by atoms with E-state index in [4.69, 9.17) is 4.74 Å². The van der Waals surface area contributed by atoms with E-state index >= 15 is 0 Å². The highest BCUT2D eigenvalue weighted by Crippen LogP contribution is 2.29. The van der Waals surface area contributed by atoms with Crippen LogP contribution in [0, 0.1) is 0 Å². The number of nitrogens with one attached hydrogen (secondary N) is 1. The molecule has 2 aliphatic heterocycles. The Balaban J connectivity index is 1.38. The van der Waals surface area contributed by atoms with Crippen LogP contribution in [0.25, 0.3) is 0 Å². The molecule has 4 rings (SSSR count). The van der Waals surface area contributed by atoms with Crippen LogP contribution in [0.3, 0.4) is 0 Å². The van der Waals surface area contributed by atoms with E-state index in [0.29, 0.717) is 30.0 Å². The van der Waals surface area contributed by atoms with Gasteiger partial charge in [-0.3, -0.25) is 14.4 Å². The monoisotopic (exact) mass is 434 g/mol. The van der Waals surface area contributed by atoms with Crippen LogP contribution in [0.1, 0.15) is 25.7 Å². The molecule has 0 saturated carbocycles. The van der Waals surface area contributed by atoms with Gasteiger partial charge in [-0.1, -0.05) is 30.3 Å². The molecule has 1 saturated heterocycles. The summed E-state index contributed by atoms with van der Waals surface area (Å²) in [4.78, 5) is 50.7. The predicted octanol–water partition coefficient (Wildman–Crippen LogP) is 2.48. The van der Waals surface area contributed by atoms with E-state index in [2.05, 4.69) is 10.4 Å². The van der Waals surface area contributed by atoms with Gasteiger partial charge in [-0.2, -0.15) is 5.10 Å². The van der Waals surface area contributed by atoms with Gasteiger partial charge in [0.05, 0.1) is 17.1 Å². The highest BCUT2D eigenvalue weighted by atomic mass is 16.5. The van der Waals surface area contributed by atoms with Crippen LogP contribution < -0.4 is 15.2 Å². The van der Waals surface area contributed by atoms with E-state index in [9.17, 15) is 19.2 Å². The molecule has 0 bridgehead atoms. The molecule has 1 fully saturated rings. The van der Waals surface area contributed by atoms with E-state index in [-0.39, 0.29) is 30.4 Å². The maximum absolute atomic E-state index is 12.4. The number of carbonyl (C=O) groups excluding carboxylic acids is 4. The molecular weight excluding hydrogens is 412 g/mol. The normalized spacial score (nSPS) is 16.1. The van der Waals surface area contributed by atoms with Gasteiger partial charge in [0.1, 0.15) is 5.71 Å². The zero-order chi connectivity index (χ0) is 22.5. The number of nitrogens with zero attached hydrogens (tertiary/aromatic N) is 3. The number of esters is 1. The first kappa shape index (κ1) is 21.2. The number of para-hydroxylation sites is 3. The number of benzene rings is 2. The van der Waals surface area contributed by atoms with E-state index in [0.717, 1.165) is 6.42 Å². The van der Waals surface area contributed by atoms with Gasteiger partial charge in [0.2, 0.25) is 11.8 Å². The molecule has 0 aliphatic carbocycles. The minimum atomic E-state index is -0.753. The Labute approximate surface area is 184 Å². The van der Waals surface area contributed by atoms with Crippen molar-refractivity contribution in [2.24, 2.45) is 5.10 Å². The lowest BCUT2D eigenvalue weighted by molar-refractivity contribution is -0.140. The Morgan fingerprint density at radius 2 is 1.69 bits per heavy atom. The number of rotatable bonds is 6. The quantitative estimate of drug-likeness (QED) is 0.703. The third-order valence-electron chi connectivity index (χ3n) is 5.15. The highest BCUT2D eigenvalue weighted by molar-refractivity contribution is 6.38. The summed E-state index contributed by atoms with van der Waals surface area (Å²) >= 11 is 0. The predicted molar refractivity (Wildman–Crippen MR) is 118 cm³/mol. The largest absolute Gasteiger partial charge is 0.451 e. The topological polar surface area (TPSA) is 108 Å². The molecule has 32 heavy (non-hydrogen) atoms. The molecule has 9 nitrogen and oxygen atoms in total. The zero-order valence-corrected chi connectivity index (χ0v) is 17.3. The van der Waals surface area contributed by atoms with Crippen molar-refractivity contribution >= 4 is 46.5 Å². The fraction of sp³-hybridized carbons (Fsp3) is 0.261. The minimum absolute atomic E-state index is 0.00551. The van der Waals surface area contributed by atoms with Crippen molar-refractivity contribution in [2.45, 2.75) is 25.7 Å². The molecular formula is C23H22N4O5. The second kappa shape index (κ2) is 9.42. The van der Waals surface area contributed by atoms with Gasteiger partial charge in [0, 0.05) is 25.8 Å². The molecule has 0 aromatic heterocycles. The summed E-state index contributed by atoms with van der Waals surface area (Å²) in [6.45, 7) is 0.0799. The van der Waals surface area contributed by atoms with E-state index in [1.54, 1.807) is 53.4 Å². The fourth-order valence-electron chi connectivity index (χ4n) is 3.59. The number of ether oxygens (including phenoxy) is 1. The molecule has 2 aromatic carbocycles. The highest BCUT2D eigenvalue weighted by Gasteiger charge is 2.27. The summed E-state index contributed by atoms with van der Waals surface area (Å²) in [5, 5.41) is 7.98. The first-order valence-electron chi connectivity index (χ1n) is 10.3. The van der Waals surface area contributed by atoms with Crippen molar-refractivity contribution in [2.75, 3.05) is 28.4 Å². The SMILES string of the molecule is O=C(COC(=O)C1=NN(c2ccccc2)C(=O)CC1)Nc1ccccc1N1CCCC1=O. The Morgan fingerprint density at radius 3 is 2.44 bits per heavy atom. The summed E-state index contributed by atoms with van der Waals surface area (Å²) in [5.74, 6) is -1.51. The molecule has 9 heteroatoms. The number of anilines is 3. The van der Waals surface area contributed by atoms with Gasteiger partial charge in [0.25, 0.3) is 5.91 Å². The molecule has 2 heterocycles. The number of hydrogen-bond donors (Lipinski definition) is 1. The van der Waals surface area contributed by atoms with Gasteiger partial charge in [-0.15, -0.1) is 0 Å². The average Bonchev–Trinajstić information content (AvgIpc) is 3.24. The zero-order valence-electron chi connectivity index (χ0n) is 17.3. The van der Waals surface area contributed by atoms with Crippen molar-refractivity contribution in [1.82, 2.24) is 0 Å². The summed E-state index contributed by atoms with van der Waals surface area (Å²) < 4.78 is 5.12. The summed E-state index contributed by atoms with van der Waals surface area (Å²) in [7, 11) is 0. The Kier molecular flexibility index (Phi) is 6.25. The Morgan fingerprint density at radius 1 is 0.938 bits per heavy atom. The molecule has 1 N–H and O–H groups in total. The standard InChI is InChI=1S/C23H22N4O5/c28-20(24-17-9-4-5-10-19(17)26-14-6-11-21(26)29)15-32-23(31)18-12-13-22(30)27(25-18)16-7-2-1-3-8-16/h1-5,7-10H,6,11-15H2,(H,24,28). The van der Waals surface area contributed by atoms with Crippen molar-refractivity contribution in [3.63, 3.8) is 0 Å². The van der Waals surface area contributed by atoms with Crippen LogP contribution in [0.2, 0.25) is 0 Å². The molecule has 0 radical (unpaired) electrons. The van der Waals surface area contributed by atoms with Crippen molar-refractivity contribution in [3.8, 4) is 0 Å².